The highest BCUT2D eigenvalue weighted by atomic mass is 79.9. The van der Waals surface area contributed by atoms with E-state index in [1.165, 1.54) is 18.2 Å². The first-order valence-electron chi connectivity index (χ1n) is 6.07. The number of rotatable bonds is 4. The summed E-state index contributed by atoms with van der Waals surface area (Å²) in [5, 5.41) is 21.1. The number of amides is 1. The number of halogens is 1. The number of nitrogens with one attached hydrogen (secondary N) is 1. The average Bonchev–Trinajstić information content (AvgIpc) is 2.42. The van der Waals surface area contributed by atoms with E-state index in [0.717, 1.165) is 0 Å². The quantitative estimate of drug-likeness (QED) is 0.740. The highest BCUT2D eigenvalue weighted by Crippen LogP contribution is 2.26. The Kier molecular flexibility index (Phi) is 4.59. The van der Waals surface area contributed by atoms with Crippen LogP contribution in [0.5, 0.6) is 5.75 Å². The lowest BCUT2D eigenvalue weighted by Crippen LogP contribution is -2.13. The fraction of sp³-hybridized carbons (Fsp3) is 0.0667. The van der Waals surface area contributed by atoms with E-state index in [2.05, 4.69) is 21.2 Å². The first-order chi connectivity index (χ1) is 9.97. The van der Waals surface area contributed by atoms with E-state index in [1.54, 1.807) is 24.3 Å². The van der Waals surface area contributed by atoms with Crippen LogP contribution < -0.4 is 5.32 Å². The average molecular weight is 350 g/mol. The standard InChI is InChI=1S/C15H12BrNO4/c16-11-4-2-1-3-10(11)15(21)17-12-7-9(8-14(19)20)5-6-13(12)18/h1-7,18H,8H2,(H,17,21)(H,19,20). The molecule has 2 aromatic rings. The van der Waals surface area contributed by atoms with Gasteiger partial charge in [-0.1, -0.05) is 18.2 Å². The molecule has 0 saturated carbocycles. The fourth-order valence-corrected chi connectivity index (χ4v) is 2.27. The third-order valence-corrected chi connectivity index (χ3v) is 3.47. The highest BCUT2D eigenvalue weighted by molar-refractivity contribution is 9.10. The molecule has 0 spiro atoms. The maximum Gasteiger partial charge on any atom is 0.307 e. The van der Waals surface area contributed by atoms with Crippen LogP contribution in [0.15, 0.2) is 46.9 Å². The molecule has 6 heteroatoms. The minimum Gasteiger partial charge on any atom is -0.506 e. The summed E-state index contributed by atoms with van der Waals surface area (Å²) >= 11 is 3.27. The number of carboxylic acid groups (broad SMARTS) is 1. The van der Waals surface area contributed by atoms with E-state index in [0.29, 0.717) is 15.6 Å². The number of carbonyl (C=O) groups excluding carboxylic acids is 1. The van der Waals surface area contributed by atoms with Crippen LogP contribution in [-0.2, 0) is 11.2 Å². The van der Waals surface area contributed by atoms with E-state index in [1.807, 2.05) is 0 Å². The minimum atomic E-state index is -0.983. The first kappa shape index (κ1) is 15.1. The second kappa shape index (κ2) is 6.41. The molecule has 0 radical (unpaired) electrons. The predicted octanol–water partition coefficient (Wildman–Crippen LogP) is 3.03. The molecule has 0 aromatic heterocycles. The molecule has 0 atom stereocenters. The van der Waals surface area contributed by atoms with Crippen LogP contribution >= 0.6 is 15.9 Å². The number of carbonyl (C=O) groups is 2. The van der Waals surface area contributed by atoms with Crippen molar-refractivity contribution in [1.29, 1.82) is 0 Å². The second-order valence-electron chi connectivity index (χ2n) is 4.36. The molecule has 21 heavy (non-hydrogen) atoms. The van der Waals surface area contributed by atoms with Gasteiger partial charge in [0.15, 0.2) is 0 Å². The molecule has 2 rings (SSSR count). The van der Waals surface area contributed by atoms with Crippen molar-refractivity contribution in [2.24, 2.45) is 0 Å². The zero-order chi connectivity index (χ0) is 15.4. The van der Waals surface area contributed by atoms with Crippen molar-refractivity contribution in [1.82, 2.24) is 0 Å². The van der Waals surface area contributed by atoms with Crippen LogP contribution in [0.2, 0.25) is 0 Å². The van der Waals surface area contributed by atoms with Crippen molar-refractivity contribution < 1.29 is 19.8 Å². The van der Waals surface area contributed by atoms with E-state index < -0.39 is 11.9 Å². The molecule has 0 aliphatic heterocycles. The molecule has 0 aliphatic carbocycles. The number of anilines is 1. The largest absolute Gasteiger partial charge is 0.506 e. The molecular formula is C15H12BrNO4. The summed E-state index contributed by atoms with van der Waals surface area (Å²) < 4.78 is 0.628. The molecule has 0 fully saturated rings. The summed E-state index contributed by atoms with van der Waals surface area (Å²) in [6.07, 6.45) is -0.182. The molecule has 1 amide bonds. The minimum absolute atomic E-state index is 0.121. The number of benzene rings is 2. The van der Waals surface area contributed by atoms with Gasteiger partial charge in [0, 0.05) is 4.47 Å². The van der Waals surface area contributed by atoms with E-state index >= 15 is 0 Å². The van der Waals surface area contributed by atoms with Gasteiger partial charge in [0.25, 0.3) is 5.91 Å². The fourth-order valence-electron chi connectivity index (χ4n) is 1.80. The third-order valence-electron chi connectivity index (χ3n) is 2.78. The number of hydrogen-bond donors (Lipinski definition) is 3. The number of aromatic hydroxyl groups is 1. The lowest BCUT2D eigenvalue weighted by atomic mass is 10.1. The molecule has 108 valence electrons. The van der Waals surface area contributed by atoms with E-state index in [4.69, 9.17) is 5.11 Å². The summed E-state index contributed by atoms with van der Waals surface area (Å²) in [5.74, 6) is -1.50. The van der Waals surface area contributed by atoms with Crippen LogP contribution in [0.3, 0.4) is 0 Å². The van der Waals surface area contributed by atoms with Crippen molar-refractivity contribution >= 4 is 33.5 Å². The van der Waals surface area contributed by atoms with Gasteiger partial charge < -0.3 is 15.5 Å². The second-order valence-corrected chi connectivity index (χ2v) is 5.21. The maximum absolute atomic E-state index is 12.2. The Morgan fingerprint density at radius 3 is 2.52 bits per heavy atom. The summed E-state index contributed by atoms with van der Waals surface area (Å²) in [5.41, 5.74) is 1.08. The number of hydrogen-bond acceptors (Lipinski definition) is 3. The Bertz CT molecular complexity index is 700. The Hall–Kier alpha value is -2.34. The molecule has 0 bridgehead atoms. The van der Waals surface area contributed by atoms with Gasteiger partial charge in [-0.05, 0) is 45.8 Å². The van der Waals surface area contributed by atoms with Crippen molar-refractivity contribution in [3.8, 4) is 5.75 Å². The Morgan fingerprint density at radius 1 is 1.14 bits per heavy atom. The first-order valence-corrected chi connectivity index (χ1v) is 6.86. The van der Waals surface area contributed by atoms with Crippen LogP contribution in [0.25, 0.3) is 0 Å². The Balaban J connectivity index is 2.24. The number of aliphatic carboxylic acids is 1. The van der Waals surface area contributed by atoms with Crippen LogP contribution in [0.4, 0.5) is 5.69 Å². The van der Waals surface area contributed by atoms with Crippen molar-refractivity contribution in [3.63, 3.8) is 0 Å². The summed E-state index contributed by atoms with van der Waals surface area (Å²) in [6.45, 7) is 0. The number of carboxylic acids is 1. The van der Waals surface area contributed by atoms with Gasteiger partial charge in [0.1, 0.15) is 5.75 Å². The van der Waals surface area contributed by atoms with Crippen molar-refractivity contribution in [3.05, 3.63) is 58.1 Å². The van der Waals surface area contributed by atoms with Gasteiger partial charge in [0.2, 0.25) is 0 Å². The summed E-state index contributed by atoms with van der Waals surface area (Å²) in [7, 11) is 0. The normalized spacial score (nSPS) is 10.1. The molecule has 0 unspecified atom stereocenters. The van der Waals surface area contributed by atoms with Crippen LogP contribution in [-0.4, -0.2) is 22.1 Å². The monoisotopic (exact) mass is 349 g/mol. The molecule has 2 aromatic carbocycles. The zero-order valence-corrected chi connectivity index (χ0v) is 12.4. The highest BCUT2D eigenvalue weighted by Gasteiger charge is 2.12. The number of phenols is 1. The summed E-state index contributed by atoms with van der Waals surface area (Å²) in [6, 6.07) is 11.2. The van der Waals surface area contributed by atoms with Gasteiger partial charge >= 0.3 is 5.97 Å². The van der Waals surface area contributed by atoms with Gasteiger partial charge in [0.05, 0.1) is 17.7 Å². The third kappa shape index (κ3) is 3.82. The van der Waals surface area contributed by atoms with E-state index in [-0.39, 0.29) is 17.9 Å². The molecule has 0 heterocycles. The Labute approximate surface area is 129 Å². The molecule has 5 nitrogen and oxygen atoms in total. The smallest absolute Gasteiger partial charge is 0.307 e. The van der Waals surface area contributed by atoms with Gasteiger partial charge in [-0.2, -0.15) is 0 Å². The van der Waals surface area contributed by atoms with Crippen LogP contribution in [0, 0.1) is 0 Å². The summed E-state index contributed by atoms with van der Waals surface area (Å²) in [4.78, 5) is 22.8. The van der Waals surface area contributed by atoms with Gasteiger partial charge in [-0.15, -0.1) is 0 Å². The lowest BCUT2D eigenvalue weighted by Gasteiger charge is -2.10. The van der Waals surface area contributed by atoms with Crippen LogP contribution in [0.1, 0.15) is 15.9 Å². The van der Waals surface area contributed by atoms with E-state index in [9.17, 15) is 14.7 Å². The number of phenolic OH excluding ortho intramolecular Hbond substituents is 1. The molecule has 0 aliphatic rings. The topological polar surface area (TPSA) is 86.6 Å². The maximum atomic E-state index is 12.2. The Morgan fingerprint density at radius 2 is 1.86 bits per heavy atom. The van der Waals surface area contributed by atoms with Gasteiger partial charge in [-0.25, -0.2) is 0 Å². The molecule has 0 saturated heterocycles. The van der Waals surface area contributed by atoms with Crippen molar-refractivity contribution in [2.45, 2.75) is 6.42 Å². The van der Waals surface area contributed by atoms with Crippen molar-refractivity contribution in [2.75, 3.05) is 5.32 Å². The van der Waals surface area contributed by atoms with Gasteiger partial charge in [-0.3, -0.25) is 9.59 Å². The zero-order valence-electron chi connectivity index (χ0n) is 10.8. The lowest BCUT2D eigenvalue weighted by molar-refractivity contribution is -0.136. The molecular weight excluding hydrogens is 338 g/mol. The predicted molar refractivity (Wildman–Crippen MR) is 81.5 cm³/mol. The molecule has 3 N–H and O–H groups in total. The SMILES string of the molecule is O=C(O)Cc1ccc(O)c(NC(=O)c2ccccc2Br)c1.